The van der Waals surface area contributed by atoms with Gasteiger partial charge in [0.1, 0.15) is 5.82 Å². The van der Waals surface area contributed by atoms with Crippen LogP contribution < -0.4 is 9.44 Å². The molecule has 88 valence electrons. The molecular formula is C8H9FN2O4S. The second-order valence-electron chi connectivity index (χ2n) is 2.81. The largest absolute Gasteiger partial charge is 0.478 e. The van der Waals surface area contributed by atoms with E-state index in [0.717, 1.165) is 25.2 Å². The molecule has 0 bridgehead atoms. The van der Waals surface area contributed by atoms with Gasteiger partial charge in [-0.05, 0) is 18.2 Å². The highest BCUT2D eigenvalue weighted by atomic mass is 32.2. The molecule has 0 saturated heterocycles. The Morgan fingerprint density at radius 2 is 2.06 bits per heavy atom. The molecule has 0 aliphatic rings. The van der Waals surface area contributed by atoms with E-state index in [1.165, 1.54) is 0 Å². The fourth-order valence-corrected chi connectivity index (χ4v) is 1.48. The van der Waals surface area contributed by atoms with Crippen molar-refractivity contribution >= 4 is 21.9 Å². The number of carboxylic acids is 1. The third kappa shape index (κ3) is 2.91. The van der Waals surface area contributed by atoms with E-state index in [0.29, 0.717) is 0 Å². The van der Waals surface area contributed by atoms with Crippen LogP contribution in [0.4, 0.5) is 10.1 Å². The zero-order chi connectivity index (χ0) is 12.3. The van der Waals surface area contributed by atoms with Crippen molar-refractivity contribution in [3.8, 4) is 0 Å². The Bertz CT molecular complexity index is 515. The maximum absolute atomic E-state index is 13.3. The summed E-state index contributed by atoms with van der Waals surface area (Å²) in [6.07, 6.45) is 0. The molecule has 0 aliphatic carbocycles. The lowest BCUT2D eigenvalue weighted by atomic mass is 10.2. The highest BCUT2D eigenvalue weighted by molar-refractivity contribution is 7.90. The van der Waals surface area contributed by atoms with E-state index < -0.39 is 22.0 Å². The van der Waals surface area contributed by atoms with E-state index in [1.807, 2.05) is 9.44 Å². The van der Waals surface area contributed by atoms with E-state index in [2.05, 4.69) is 0 Å². The van der Waals surface area contributed by atoms with Gasteiger partial charge in [0.2, 0.25) is 0 Å². The van der Waals surface area contributed by atoms with Crippen LogP contribution in [0.5, 0.6) is 0 Å². The summed E-state index contributed by atoms with van der Waals surface area (Å²) in [4.78, 5) is 10.5. The molecule has 0 fully saturated rings. The number of hydrogen-bond donors (Lipinski definition) is 3. The first-order valence-corrected chi connectivity index (χ1v) is 5.58. The van der Waals surface area contributed by atoms with Gasteiger partial charge in [0.15, 0.2) is 0 Å². The molecule has 0 heterocycles. The molecular weight excluding hydrogens is 239 g/mol. The summed E-state index contributed by atoms with van der Waals surface area (Å²) in [6.45, 7) is 0. The van der Waals surface area contributed by atoms with Crippen molar-refractivity contribution in [2.24, 2.45) is 0 Å². The lowest BCUT2D eigenvalue weighted by molar-refractivity contribution is 0.0696. The third-order valence-electron chi connectivity index (χ3n) is 1.73. The van der Waals surface area contributed by atoms with Gasteiger partial charge in [-0.15, -0.1) is 0 Å². The molecule has 1 rings (SSSR count). The van der Waals surface area contributed by atoms with E-state index in [-0.39, 0.29) is 11.3 Å². The number of aromatic carboxylic acids is 1. The van der Waals surface area contributed by atoms with Crippen molar-refractivity contribution in [1.29, 1.82) is 0 Å². The minimum Gasteiger partial charge on any atom is -0.478 e. The van der Waals surface area contributed by atoms with Gasteiger partial charge >= 0.3 is 5.97 Å². The lowest BCUT2D eigenvalue weighted by Gasteiger charge is -2.07. The number of rotatable bonds is 4. The van der Waals surface area contributed by atoms with E-state index >= 15 is 0 Å². The molecule has 0 aromatic heterocycles. The average Bonchev–Trinajstić information content (AvgIpc) is 2.20. The van der Waals surface area contributed by atoms with Crippen molar-refractivity contribution in [3.63, 3.8) is 0 Å². The van der Waals surface area contributed by atoms with Gasteiger partial charge in [0.25, 0.3) is 10.2 Å². The van der Waals surface area contributed by atoms with Gasteiger partial charge in [0.05, 0.1) is 11.3 Å². The summed E-state index contributed by atoms with van der Waals surface area (Å²) in [7, 11) is -2.66. The van der Waals surface area contributed by atoms with Crippen LogP contribution in [0, 0.1) is 5.82 Å². The van der Waals surface area contributed by atoms with Crippen LogP contribution in [-0.2, 0) is 10.2 Å². The number of benzene rings is 1. The Morgan fingerprint density at radius 3 is 2.50 bits per heavy atom. The topological polar surface area (TPSA) is 95.5 Å². The molecule has 0 radical (unpaired) electrons. The summed E-state index contributed by atoms with van der Waals surface area (Å²) in [5.41, 5.74) is -0.579. The molecule has 1 aromatic rings. The zero-order valence-electron chi connectivity index (χ0n) is 8.19. The van der Waals surface area contributed by atoms with Gasteiger partial charge in [-0.3, -0.25) is 4.72 Å². The number of anilines is 1. The SMILES string of the molecule is CNS(=O)(=O)Nc1ccc(C(=O)O)cc1F. The number of carbonyl (C=O) groups is 1. The summed E-state index contributed by atoms with van der Waals surface area (Å²) >= 11 is 0. The molecule has 8 heteroatoms. The smallest absolute Gasteiger partial charge is 0.335 e. The second-order valence-corrected chi connectivity index (χ2v) is 4.43. The van der Waals surface area contributed by atoms with E-state index in [4.69, 9.17) is 5.11 Å². The fraction of sp³-hybridized carbons (Fsp3) is 0.125. The van der Waals surface area contributed by atoms with Gasteiger partial charge in [-0.25, -0.2) is 13.9 Å². The Labute approximate surface area is 91.3 Å². The van der Waals surface area contributed by atoms with Crippen LogP contribution in [0.2, 0.25) is 0 Å². The minimum absolute atomic E-state index is 0.259. The summed E-state index contributed by atoms with van der Waals surface area (Å²) in [6, 6.07) is 2.86. The molecule has 0 unspecified atom stereocenters. The first-order chi connectivity index (χ1) is 7.35. The van der Waals surface area contributed by atoms with Crippen LogP contribution in [0.25, 0.3) is 0 Å². The Hall–Kier alpha value is -1.67. The van der Waals surface area contributed by atoms with Crippen molar-refractivity contribution in [2.45, 2.75) is 0 Å². The molecule has 0 amide bonds. The minimum atomic E-state index is -3.82. The van der Waals surface area contributed by atoms with Crippen molar-refractivity contribution in [3.05, 3.63) is 29.6 Å². The highest BCUT2D eigenvalue weighted by Crippen LogP contribution is 2.16. The maximum Gasteiger partial charge on any atom is 0.335 e. The highest BCUT2D eigenvalue weighted by Gasteiger charge is 2.12. The van der Waals surface area contributed by atoms with Gasteiger partial charge in [-0.2, -0.15) is 8.42 Å². The molecule has 0 aliphatic heterocycles. The Balaban J connectivity index is 3.05. The Morgan fingerprint density at radius 1 is 1.44 bits per heavy atom. The standard InChI is InChI=1S/C8H9FN2O4S/c1-10-16(14,15)11-7-3-2-5(8(12)13)4-6(7)9/h2-4,10-11H,1H3,(H,12,13). The van der Waals surface area contributed by atoms with Crippen LogP contribution >= 0.6 is 0 Å². The van der Waals surface area contributed by atoms with Crippen LogP contribution in [-0.4, -0.2) is 26.5 Å². The fourth-order valence-electron chi connectivity index (χ4n) is 0.927. The third-order valence-corrected chi connectivity index (χ3v) is 2.76. The second kappa shape index (κ2) is 4.45. The molecule has 0 saturated carbocycles. The van der Waals surface area contributed by atoms with Crippen molar-refractivity contribution in [1.82, 2.24) is 4.72 Å². The molecule has 0 spiro atoms. The number of nitrogens with one attached hydrogen (secondary N) is 2. The average molecular weight is 248 g/mol. The first-order valence-electron chi connectivity index (χ1n) is 4.10. The van der Waals surface area contributed by atoms with Crippen molar-refractivity contribution < 1.29 is 22.7 Å². The zero-order valence-corrected chi connectivity index (χ0v) is 9.01. The van der Waals surface area contributed by atoms with Crippen LogP contribution in [0.15, 0.2) is 18.2 Å². The predicted octanol–water partition coefficient (Wildman–Crippen LogP) is 0.400. The lowest BCUT2D eigenvalue weighted by Crippen LogP contribution is -2.26. The van der Waals surface area contributed by atoms with Gasteiger partial charge < -0.3 is 5.11 Å². The molecule has 16 heavy (non-hydrogen) atoms. The first kappa shape index (κ1) is 12.4. The molecule has 0 atom stereocenters. The summed E-state index contributed by atoms with van der Waals surface area (Å²) in [5, 5.41) is 8.56. The number of hydrogen-bond acceptors (Lipinski definition) is 3. The molecule has 6 nitrogen and oxygen atoms in total. The van der Waals surface area contributed by atoms with Gasteiger partial charge in [-0.1, -0.05) is 0 Å². The monoisotopic (exact) mass is 248 g/mol. The quantitative estimate of drug-likeness (QED) is 0.718. The number of halogens is 1. The Kier molecular flexibility index (Phi) is 3.45. The van der Waals surface area contributed by atoms with E-state index in [1.54, 1.807) is 0 Å². The summed E-state index contributed by atoms with van der Waals surface area (Å²) < 4.78 is 39.2. The molecule has 3 N–H and O–H groups in total. The summed E-state index contributed by atoms with van der Waals surface area (Å²) in [5.74, 6) is -2.25. The number of carboxylic acid groups (broad SMARTS) is 1. The predicted molar refractivity (Wildman–Crippen MR) is 55.0 cm³/mol. The van der Waals surface area contributed by atoms with Crippen molar-refractivity contribution in [2.75, 3.05) is 11.8 Å². The normalized spacial score (nSPS) is 11.1. The van der Waals surface area contributed by atoms with E-state index in [9.17, 15) is 17.6 Å². The maximum atomic E-state index is 13.3. The molecule has 1 aromatic carbocycles. The van der Waals surface area contributed by atoms with Gasteiger partial charge in [0, 0.05) is 7.05 Å². The van der Waals surface area contributed by atoms with Crippen LogP contribution in [0.1, 0.15) is 10.4 Å². The van der Waals surface area contributed by atoms with Crippen LogP contribution in [0.3, 0.4) is 0 Å².